The molecule has 18 heavy (non-hydrogen) atoms. The third-order valence-electron chi connectivity index (χ3n) is 2.25. The fraction of sp³-hybridized carbons (Fsp3) is 0.385. The molecule has 96 valence electrons. The molecule has 0 fully saturated rings. The summed E-state index contributed by atoms with van der Waals surface area (Å²) in [5.74, 6) is -0.0916. The maximum absolute atomic E-state index is 11.4. The van der Waals surface area contributed by atoms with Crippen molar-refractivity contribution in [2.24, 2.45) is 0 Å². The largest absolute Gasteiger partial charge is 0.364 e. The highest BCUT2D eigenvalue weighted by Gasteiger charge is 2.06. The van der Waals surface area contributed by atoms with Gasteiger partial charge in [-0.25, -0.2) is 4.98 Å². The quantitative estimate of drug-likeness (QED) is 0.901. The first-order valence-electron chi connectivity index (χ1n) is 5.86. The Morgan fingerprint density at radius 3 is 2.94 bits per heavy atom. The number of amides is 1. The van der Waals surface area contributed by atoms with Crippen molar-refractivity contribution in [3.63, 3.8) is 0 Å². The molecule has 2 aromatic rings. The van der Waals surface area contributed by atoms with E-state index in [4.69, 9.17) is 4.74 Å². The Hall–Kier alpha value is -1.46. The average Bonchev–Trinajstić information content (AvgIpc) is 2.70. The lowest BCUT2D eigenvalue weighted by Gasteiger charge is -2.07. The van der Waals surface area contributed by atoms with Gasteiger partial charge in [0.05, 0.1) is 16.8 Å². The van der Waals surface area contributed by atoms with Gasteiger partial charge < -0.3 is 10.1 Å². The number of hydrogen-bond donors (Lipinski definition) is 1. The summed E-state index contributed by atoms with van der Waals surface area (Å²) in [6.07, 6.45) is 0. The number of rotatable bonds is 5. The number of ether oxygens (including phenoxy) is 1. The molecule has 1 heterocycles. The van der Waals surface area contributed by atoms with Crippen molar-refractivity contribution in [1.29, 1.82) is 0 Å². The van der Waals surface area contributed by atoms with E-state index in [-0.39, 0.29) is 18.6 Å². The van der Waals surface area contributed by atoms with E-state index in [2.05, 4.69) is 10.3 Å². The molecule has 1 N–H and O–H groups in total. The second-order valence-corrected chi connectivity index (χ2v) is 5.41. The zero-order chi connectivity index (χ0) is 13.0. The molecule has 1 aromatic heterocycles. The molecule has 0 spiro atoms. The van der Waals surface area contributed by atoms with Gasteiger partial charge in [0.25, 0.3) is 0 Å². The van der Waals surface area contributed by atoms with Gasteiger partial charge in [-0.05, 0) is 26.0 Å². The molecule has 0 saturated heterocycles. The number of benzene rings is 1. The average molecular weight is 264 g/mol. The molecule has 0 unspecified atom stereocenters. The van der Waals surface area contributed by atoms with Crippen LogP contribution in [-0.4, -0.2) is 23.5 Å². The Morgan fingerprint density at radius 2 is 2.22 bits per heavy atom. The summed E-state index contributed by atoms with van der Waals surface area (Å²) in [6.45, 7) is 4.30. The number of aromatic nitrogens is 1. The standard InChI is InChI=1S/C13H16N2O2S/c1-9(2)14-12(16)7-17-8-13-15-10-5-3-4-6-11(10)18-13/h3-6,9H,7-8H2,1-2H3,(H,14,16). The van der Waals surface area contributed by atoms with Crippen LogP contribution in [0.2, 0.25) is 0 Å². The number of para-hydroxylation sites is 1. The SMILES string of the molecule is CC(C)NC(=O)COCc1nc2ccccc2s1. The Kier molecular flexibility index (Phi) is 4.28. The predicted octanol–water partition coefficient (Wildman–Crippen LogP) is 2.34. The van der Waals surface area contributed by atoms with Crippen LogP contribution in [0.4, 0.5) is 0 Å². The first kappa shape index (κ1) is 13.0. The van der Waals surface area contributed by atoms with Crippen LogP contribution in [0.15, 0.2) is 24.3 Å². The third-order valence-corrected chi connectivity index (χ3v) is 3.26. The van der Waals surface area contributed by atoms with Crippen molar-refractivity contribution < 1.29 is 9.53 Å². The van der Waals surface area contributed by atoms with Gasteiger partial charge in [0.1, 0.15) is 11.6 Å². The number of carbonyl (C=O) groups excluding carboxylic acids is 1. The lowest BCUT2D eigenvalue weighted by molar-refractivity contribution is -0.126. The zero-order valence-electron chi connectivity index (χ0n) is 10.5. The van der Waals surface area contributed by atoms with E-state index in [0.29, 0.717) is 6.61 Å². The van der Waals surface area contributed by atoms with Crippen molar-refractivity contribution in [1.82, 2.24) is 10.3 Å². The summed E-state index contributed by atoms with van der Waals surface area (Å²) in [4.78, 5) is 15.8. The lowest BCUT2D eigenvalue weighted by Crippen LogP contribution is -2.33. The third kappa shape index (κ3) is 3.51. The molecule has 0 saturated carbocycles. The fourth-order valence-electron chi connectivity index (χ4n) is 1.58. The number of nitrogens with zero attached hydrogens (tertiary/aromatic N) is 1. The minimum atomic E-state index is -0.0916. The van der Waals surface area contributed by atoms with Crippen molar-refractivity contribution in [2.45, 2.75) is 26.5 Å². The van der Waals surface area contributed by atoms with E-state index in [0.717, 1.165) is 15.2 Å². The molecule has 0 radical (unpaired) electrons. The summed E-state index contributed by atoms with van der Waals surface area (Å²) in [5.41, 5.74) is 0.979. The van der Waals surface area contributed by atoms with Crippen LogP contribution in [0.25, 0.3) is 10.2 Å². The predicted molar refractivity (Wildman–Crippen MR) is 72.6 cm³/mol. The smallest absolute Gasteiger partial charge is 0.246 e. The minimum Gasteiger partial charge on any atom is -0.364 e. The summed E-state index contributed by atoms with van der Waals surface area (Å²) >= 11 is 1.60. The summed E-state index contributed by atoms with van der Waals surface area (Å²) in [6, 6.07) is 8.09. The highest BCUT2D eigenvalue weighted by atomic mass is 32.1. The molecular weight excluding hydrogens is 248 g/mol. The Bertz CT molecular complexity index is 504. The topological polar surface area (TPSA) is 51.2 Å². The second kappa shape index (κ2) is 5.93. The van der Waals surface area contributed by atoms with Crippen LogP contribution in [0.5, 0.6) is 0 Å². The van der Waals surface area contributed by atoms with E-state index < -0.39 is 0 Å². The van der Waals surface area contributed by atoms with Crippen molar-refractivity contribution >= 4 is 27.5 Å². The maximum atomic E-state index is 11.4. The van der Waals surface area contributed by atoms with E-state index >= 15 is 0 Å². The van der Waals surface area contributed by atoms with Crippen LogP contribution in [0.3, 0.4) is 0 Å². The molecule has 2 rings (SSSR count). The molecule has 5 heteroatoms. The van der Waals surface area contributed by atoms with Crippen LogP contribution in [0.1, 0.15) is 18.9 Å². The Morgan fingerprint density at radius 1 is 1.44 bits per heavy atom. The molecule has 0 aliphatic carbocycles. The van der Waals surface area contributed by atoms with Gasteiger partial charge in [-0.2, -0.15) is 0 Å². The monoisotopic (exact) mass is 264 g/mol. The zero-order valence-corrected chi connectivity index (χ0v) is 11.3. The van der Waals surface area contributed by atoms with Crippen LogP contribution in [-0.2, 0) is 16.1 Å². The summed E-state index contributed by atoms with van der Waals surface area (Å²) < 4.78 is 6.49. The van der Waals surface area contributed by atoms with Crippen LogP contribution in [0, 0.1) is 0 Å². The van der Waals surface area contributed by atoms with E-state index in [9.17, 15) is 4.79 Å². The molecule has 0 aliphatic heterocycles. The first-order chi connectivity index (χ1) is 8.65. The number of fused-ring (bicyclic) bond motifs is 1. The van der Waals surface area contributed by atoms with Gasteiger partial charge in [0.2, 0.25) is 5.91 Å². The molecule has 0 aliphatic rings. The van der Waals surface area contributed by atoms with Gasteiger partial charge in [-0.3, -0.25) is 4.79 Å². The lowest BCUT2D eigenvalue weighted by atomic mass is 10.3. The number of thiazole rings is 1. The van der Waals surface area contributed by atoms with Crippen molar-refractivity contribution in [2.75, 3.05) is 6.61 Å². The molecule has 1 amide bonds. The molecule has 1 aromatic carbocycles. The minimum absolute atomic E-state index is 0.0775. The molecule has 0 bridgehead atoms. The van der Waals surface area contributed by atoms with Gasteiger partial charge in [-0.15, -0.1) is 11.3 Å². The van der Waals surface area contributed by atoms with Gasteiger partial charge >= 0.3 is 0 Å². The molecule has 0 atom stereocenters. The van der Waals surface area contributed by atoms with E-state index in [1.807, 2.05) is 38.1 Å². The van der Waals surface area contributed by atoms with Gasteiger partial charge in [0.15, 0.2) is 0 Å². The first-order valence-corrected chi connectivity index (χ1v) is 6.68. The Balaban J connectivity index is 1.85. The molecular formula is C13H16N2O2S. The number of carbonyl (C=O) groups is 1. The van der Waals surface area contributed by atoms with E-state index in [1.54, 1.807) is 11.3 Å². The maximum Gasteiger partial charge on any atom is 0.246 e. The second-order valence-electron chi connectivity index (χ2n) is 4.29. The fourth-order valence-corrected chi connectivity index (χ4v) is 2.48. The Labute approximate surface area is 110 Å². The van der Waals surface area contributed by atoms with Crippen molar-refractivity contribution in [3.05, 3.63) is 29.3 Å². The van der Waals surface area contributed by atoms with E-state index in [1.165, 1.54) is 0 Å². The van der Waals surface area contributed by atoms with Crippen molar-refractivity contribution in [3.8, 4) is 0 Å². The summed E-state index contributed by atoms with van der Waals surface area (Å²) in [7, 11) is 0. The van der Waals surface area contributed by atoms with Crippen LogP contribution >= 0.6 is 11.3 Å². The summed E-state index contributed by atoms with van der Waals surface area (Å²) in [5, 5.41) is 3.67. The number of nitrogens with one attached hydrogen (secondary N) is 1. The van der Waals surface area contributed by atoms with Gasteiger partial charge in [-0.1, -0.05) is 12.1 Å². The van der Waals surface area contributed by atoms with Crippen LogP contribution < -0.4 is 5.32 Å². The highest BCUT2D eigenvalue weighted by molar-refractivity contribution is 7.18. The highest BCUT2D eigenvalue weighted by Crippen LogP contribution is 2.21. The van der Waals surface area contributed by atoms with Gasteiger partial charge in [0, 0.05) is 6.04 Å². The normalized spacial score (nSPS) is 11.1. The molecule has 4 nitrogen and oxygen atoms in total. The number of hydrogen-bond acceptors (Lipinski definition) is 4.